The second kappa shape index (κ2) is 7.77. The van der Waals surface area contributed by atoms with Gasteiger partial charge in [-0.2, -0.15) is 0 Å². The van der Waals surface area contributed by atoms with Crippen molar-refractivity contribution in [3.8, 4) is 0 Å². The molecule has 3 nitrogen and oxygen atoms in total. The van der Waals surface area contributed by atoms with E-state index in [-0.39, 0.29) is 5.91 Å². The monoisotopic (exact) mass is 410 g/mol. The predicted molar refractivity (Wildman–Crippen MR) is 123 cm³/mol. The van der Waals surface area contributed by atoms with Crippen molar-refractivity contribution < 1.29 is 4.79 Å². The third kappa shape index (κ3) is 3.27. The molecule has 0 unspecified atom stereocenters. The van der Waals surface area contributed by atoms with Crippen LogP contribution in [-0.2, 0) is 11.2 Å². The summed E-state index contributed by atoms with van der Waals surface area (Å²) in [7, 11) is 0. The van der Waals surface area contributed by atoms with Gasteiger partial charge in [-0.25, -0.2) is 4.99 Å². The van der Waals surface area contributed by atoms with Crippen LogP contribution in [0.5, 0.6) is 0 Å². The standard InChI is InChI=1S/C26H19ClN2O/c27-24-20(16-15-18-9-7-8-14-22(18)24)17-23-26(30)29(21-12-5-2-6-13-21)25(28-23)19-10-3-1-4-11-19/h1-14,17H,15-16H2/b23-17-. The van der Waals surface area contributed by atoms with Crippen molar-refractivity contribution in [3.63, 3.8) is 0 Å². The largest absolute Gasteiger partial charge is 0.282 e. The lowest BCUT2D eigenvalue weighted by Crippen LogP contribution is -2.32. The second-order valence-electron chi connectivity index (χ2n) is 7.30. The maximum Gasteiger partial charge on any atom is 0.282 e. The molecule has 0 spiro atoms. The molecule has 1 heterocycles. The van der Waals surface area contributed by atoms with E-state index in [0.29, 0.717) is 16.6 Å². The zero-order chi connectivity index (χ0) is 20.5. The van der Waals surface area contributed by atoms with Crippen molar-refractivity contribution in [2.24, 2.45) is 4.99 Å². The molecule has 146 valence electrons. The third-order valence-corrected chi connectivity index (χ3v) is 5.86. The van der Waals surface area contributed by atoms with Crippen molar-refractivity contribution >= 4 is 34.1 Å². The van der Waals surface area contributed by atoms with Crippen molar-refractivity contribution in [2.45, 2.75) is 12.8 Å². The van der Waals surface area contributed by atoms with Gasteiger partial charge < -0.3 is 0 Å². The highest BCUT2D eigenvalue weighted by molar-refractivity contribution is 6.49. The van der Waals surface area contributed by atoms with Crippen LogP contribution in [0.4, 0.5) is 5.69 Å². The molecule has 30 heavy (non-hydrogen) atoms. The Morgan fingerprint density at radius 1 is 0.833 bits per heavy atom. The van der Waals surface area contributed by atoms with Gasteiger partial charge in [0.05, 0.1) is 10.7 Å². The summed E-state index contributed by atoms with van der Waals surface area (Å²) in [6, 6.07) is 27.5. The summed E-state index contributed by atoms with van der Waals surface area (Å²) in [5, 5.41) is 0.701. The van der Waals surface area contributed by atoms with E-state index in [1.165, 1.54) is 5.56 Å². The Morgan fingerprint density at radius 3 is 2.27 bits per heavy atom. The molecular formula is C26H19ClN2O. The molecule has 2 aliphatic rings. The lowest BCUT2D eigenvalue weighted by atomic mass is 9.91. The molecule has 0 saturated heterocycles. The first kappa shape index (κ1) is 18.6. The van der Waals surface area contributed by atoms with Gasteiger partial charge in [-0.05, 0) is 47.8 Å². The number of amidine groups is 1. The maximum atomic E-state index is 13.4. The van der Waals surface area contributed by atoms with E-state index in [0.717, 1.165) is 35.2 Å². The molecule has 0 N–H and O–H groups in total. The van der Waals surface area contributed by atoms with Gasteiger partial charge in [-0.3, -0.25) is 9.69 Å². The number of hydrogen-bond donors (Lipinski definition) is 0. The molecule has 4 heteroatoms. The van der Waals surface area contributed by atoms with Gasteiger partial charge in [0.2, 0.25) is 0 Å². The number of amides is 1. The van der Waals surface area contributed by atoms with Crippen molar-refractivity contribution in [2.75, 3.05) is 4.90 Å². The van der Waals surface area contributed by atoms with Gasteiger partial charge in [0, 0.05) is 5.56 Å². The van der Waals surface area contributed by atoms with E-state index >= 15 is 0 Å². The van der Waals surface area contributed by atoms with Crippen LogP contribution in [0.15, 0.2) is 107 Å². The molecule has 0 aromatic heterocycles. The molecule has 0 radical (unpaired) electrons. The Morgan fingerprint density at radius 2 is 1.50 bits per heavy atom. The van der Waals surface area contributed by atoms with Gasteiger partial charge in [-0.15, -0.1) is 0 Å². The summed E-state index contributed by atoms with van der Waals surface area (Å²) in [6.45, 7) is 0. The van der Waals surface area contributed by atoms with Crippen LogP contribution >= 0.6 is 11.6 Å². The number of aryl methyl sites for hydroxylation is 1. The molecule has 1 aliphatic heterocycles. The number of nitrogens with zero attached hydrogens (tertiary/aromatic N) is 2. The fourth-order valence-electron chi connectivity index (χ4n) is 3.92. The predicted octanol–water partition coefficient (Wildman–Crippen LogP) is 5.96. The number of aliphatic imine (C=N–C) groups is 1. The third-order valence-electron chi connectivity index (χ3n) is 5.42. The molecule has 3 aromatic rings. The van der Waals surface area contributed by atoms with Gasteiger partial charge in [0.15, 0.2) is 0 Å². The van der Waals surface area contributed by atoms with Crippen LogP contribution in [0, 0.1) is 0 Å². The minimum Gasteiger partial charge on any atom is -0.266 e. The lowest BCUT2D eigenvalue weighted by molar-refractivity contribution is -0.113. The van der Waals surface area contributed by atoms with E-state index in [9.17, 15) is 4.79 Å². The zero-order valence-corrected chi connectivity index (χ0v) is 17.0. The fraction of sp³-hybridized carbons (Fsp3) is 0.0769. The summed E-state index contributed by atoms with van der Waals surface area (Å²) in [5.41, 5.74) is 5.32. The Bertz CT molecular complexity index is 1210. The number of allylic oxidation sites excluding steroid dienone is 2. The summed E-state index contributed by atoms with van der Waals surface area (Å²) >= 11 is 6.71. The normalized spacial score (nSPS) is 17.4. The van der Waals surface area contributed by atoms with Crippen LogP contribution in [0.1, 0.15) is 23.1 Å². The topological polar surface area (TPSA) is 32.7 Å². The number of carbonyl (C=O) groups excluding carboxylic acids is 1. The number of fused-ring (bicyclic) bond motifs is 1. The quantitative estimate of drug-likeness (QED) is 0.490. The van der Waals surface area contributed by atoms with Crippen molar-refractivity contribution in [1.82, 2.24) is 0 Å². The van der Waals surface area contributed by atoms with Crippen molar-refractivity contribution in [1.29, 1.82) is 0 Å². The Labute approximate surface area is 180 Å². The molecule has 1 amide bonds. The minimum atomic E-state index is -0.143. The molecule has 5 rings (SSSR count). The smallest absolute Gasteiger partial charge is 0.266 e. The number of rotatable bonds is 3. The SMILES string of the molecule is O=C1/C(=C/C2=C(Cl)c3ccccc3CC2)N=C(c2ccccc2)N1c1ccccc1. The molecular weight excluding hydrogens is 392 g/mol. The van der Waals surface area contributed by atoms with Gasteiger partial charge in [0.25, 0.3) is 5.91 Å². The summed E-state index contributed by atoms with van der Waals surface area (Å²) in [6.07, 6.45) is 3.54. The van der Waals surface area contributed by atoms with Crippen LogP contribution in [0.25, 0.3) is 5.03 Å². The average Bonchev–Trinajstić information content (AvgIpc) is 3.13. The van der Waals surface area contributed by atoms with Crippen LogP contribution in [0.2, 0.25) is 0 Å². The van der Waals surface area contributed by atoms with Gasteiger partial charge >= 0.3 is 0 Å². The average molecular weight is 411 g/mol. The highest BCUT2D eigenvalue weighted by Crippen LogP contribution is 2.36. The maximum absolute atomic E-state index is 13.4. The first-order chi connectivity index (χ1) is 14.7. The molecule has 0 saturated carbocycles. The number of benzene rings is 3. The van der Waals surface area contributed by atoms with E-state index in [1.807, 2.05) is 84.9 Å². The van der Waals surface area contributed by atoms with E-state index in [1.54, 1.807) is 4.90 Å². The van der Waals surface area contributed by atoms with E-state index in [4.69, 9.17) is 16.6 Å². The number of hydrogen-bond acceptors (Lipinski definition) is 2. The van der Waals surface area contributed by atoms with E-state index in [2.05, 4.69) is 6.07 Å². The Hall–Kier alpha value is -3.43. The first-order valence-corrected chi connectivity index (χ1v) is 10.3. The molecule has 1 aliphatic carbocycles. The summed E-state index contributed by atoms with van der Waals surface area (Å²) in [4.78, 5) is 19.8. The summed E-state index contributed by atoms with van der Waals surface area (Å²) in [5.74, 6) is 0.488. The molecule has 0 fully saturated rings. The Kier molecular flexibility index (Phi) is 4.82. The summed E-state index contributed by atoms with van der Waals surface area (Å²) < 4.78 is 0. The van der Waals surface area contributed by atoms with Crippen molar-refractivity contribution in [3.05, 3.63) is 119 Å². The lowest BCUT2D eigenvalue weighted by Gasteiger charge is -2.19. The highest BCUT2D eigenvalue weighted by atomic mass is 35.5. The zero-order valence-electron chi connectivity index (χ0n) is 16.3. The van der Waals surface area contributed by atoms with E-state index < -0.39 is 0 Å². The number of halogens is 1. The fourth-order valence-corrected chi connectivity index (χ4v) is 4.25. The van der Waals surface area contributed by atoms with Gasteiger partial charge in [-0.1, -0.05) is 84.4 Å². The first-order valence-electron chi connectivity index (χ1n) is 9.94. The van der Waals surface area contributed by atoms with Crippen LogP contribution in [-0.4, -0.2) is 11.7 Å². The molecule has 0 atom stereocenters. The number of carbonyl (C=O) groups is 1. The highest BCUT2D eigenvalue weighted by Gasteiger charge is 2.32. The van der Waals surface area contributed by atoms with Gasteiger partial charge in [0.1, 0.15) is 11.5 Å². The number of para-hydroxylation sites is 1. The van der Waals surface area contributed by atoms with Crippen LogP contribution in [0.3, 0.4) is 0 Å². The second-order valence-corrected chi connectivity index (χ2v) is 7.68. The minimum absolute atomic E-state index is 0.143. The Balaban J connectivity index is 1.61. The molecule has 3 aromatic carbocycles. The van der Waals surface area contributed by atoms with Crippen LogP contribution < -0.4 is 4.90 Å². The number of anilines is 1. The molecule has 0 bridgehead atoms.